The average molecular weight is 417 g/mol. The number of carbonyl (C=O) groups excluding carboxylic acids is 4. The molecule has 1 heterocycles. The highest BCUT2D eigenvalue weighted by Crippen LogP contribution is 2.22. The maximum Gasteiger partial charge on any atom is 0.331 e. The molecule has 0 saturated carbocycles. The number of ether oxygens (including phenoxy) is 4. The van der Waals surface area contributed by atoms with Gasteiger partial charge in [-0.25, -0.2) is 19.2 Å². The molecule has 2 rings (SSSR count). The number of esters is 4. The van der Waals surface area contributed by atoms with Crippen molar-refractivity contribution in [1.82, 2.24) is 4.90 Å². The van der Waals surface area contributed by atoms with Crippen molar-refractivity contribution in [3.8, 4) is 0 Å². The highest BCUT2D eigenvalue weighted by Gasteiger charge is 2.24. The molecule has 0 saturated heterocycles. The van der Waals surface area contributed by atoms with E-state index in [0.29, 0.717) is 19.6 Å². The molecule has 1 aromatic rings. The van der Waals surface area contributed by atoms with Crippen molar-refractivity contribution in [2.45, 2.75) is 19.2 Å². The van der Waals surface area contributed by atoms with Crippen LogP contribution in [0.1, 0.15) is 11.1 Å². The third kappa shape index (κ3) is 7.51. The quantitative estimate of drug-likeness (QED) is 0.329. The van der Waals surface area contributed by atoms with Crippen LogP contribution in [0.3, 0.4) is 0 Å². The molecule has 1 aliphatic rings. The molecule has 9 nitrogen and oxygen atoms in total. The zero-order valence-corrected chi connectivity index (χ0v) is 16.7. The highest BCUT2D eigenvalue weighted by atomic mass is 16.6. The predicted octanol–water partition coefficient (Wildman–Crippen LogP) is 0.916. The van der Waals surface area contributed by atoms with Crippen LogP contribution in [0.4, 0.5) is 0 Å². The molecule has 9 heteroatoms. The monoisotopic (exact) mass is 417 g/mol. The van der Waals surface area contributed by atoms with Crippen LogP contribution in [0.15, 0.2) is 48.6 Å². The Morgan fingerprint density at radius 1 is 0.867 bits per heavy atom. The standard InChI is InChI=1S/C21H23NO8/c1-27-18(23)7-9-20(25)29-14-17(30-21(26)10-8-19(24)28-2)13-22-11-15-5-3-4-6-16(15)12-22/h3-10,17H,11-14H2,1-2H3/b9-7+,10-8+. The smallest absolute Gasteiger partial charge is 0.331 e. The second-order valence-electron chi connectivity index (χ2n) is 6.34. The zero-order chi connectivity index (χ0) is 21.9. The topological polar surface area (TPSA) is 108 Å². The van der Waals surface area contributed by atoms with E-state index in [-0.39, 0.29) is 6.61 Å². The van der Waals surface area contributed by atoms with Gasteiger partial charge in [-0.1, -0.05) is 24.3 Å². The first-order chi connectivity index (χ1) is 14.4. The summed E-state index contributed by atoms with van der Waals surface area (Å²) in [6.45, 7) is 1.41. The molecule has 0 aliphatic carbocycles. The Kier molecular flexibility index (Phi) is 8.76. The van der Waals surface area contributed by atoms with Gasteiger partial charge < -0.3 is 18.9 Å². The van der Waals surface area contributed by atoms with Crippen molar-refractivity contribution in [2.75, 3.05) is 27.4 Å². The van der Waals surface area contributed by atoms with Crippen LogP contribution >= 0.6 is 0 Å². The molecule has 1 unspecified atom stereocenters. The largest absolute Gasteiger partial charge is 0.466 e. The zero-order valence-electron chi connectivity index (χ0n) is 16.7. The Hall–Kier alpha value is -3.46. The lowest BCUT2D eigenvalue weighted by atomic mass is 10.1. The number of rotatable bonds is 9. The van der Waals surface area contributed by atoms with E-state index in [1.807, 2.05) is 29.2 Å². The molecule has 1 aliphatic heterocycles. The number of carbonyl (C=O) groups is 4. The van der Waals surface area contributed by atoms with E-state index in [0.717, 1.165) is 24.3 Å². The van der Waals surface area contributed by atoms with Crippen LogP contribution in [0, 0.1) is 0 Å². The molecule has 0 aromatic heterocycles. The fourth-order valence-corrected chi connectivity index (χ4v) is 2.78. The van der Waals surface area contributed by atoms with Crippen LogP contribution in [0.5, 0.6) is 0 Å². The number of hydrogen-bond donors (Lipinski definition) is 0. The van der Waals surface area contributed by atoms with Gasteiger partial charge in [0.15, 0.2) is 0 Å². The minimum absolute atomic E-state index is 0.227. The Balaban J connectivity index is 1.97. The summed E-state index contributed by atoms with van der Waals surface area (Å²) in [5.74, 6) is -2.95. The SMILES string of the molecule is COC(=O)/C=C/C(=O)OCC(CN1Cc2ccccc2C1)OC(=O)/C=C/C(=O)OC. The molecule has 1 aromatic carbocycles. The van der Waals surface area contributed by atoms with Crippen LogP contribution in [-0.4, -0.2) is 62.3 Å². The van der Waals surface area contributed by atoms with Gasteiger partial charge in [0.2, 0.25) is 0 Å². The Labute approximate surface area is 173 Å². The first-order valence-electron chi connectivity index (χ1n) is 9.09. The van der Waals surface area contributed by atoms with Gasteiger partial charge in [-0.15, -0.1) is 0 Å². The van der Waals surface area contributed by atoms with E-state index >= 15 is 0 Å². The van der Waals surface area contributed by atoms with E-state index < -0.39 is 30.0 Å². The van der Waals surface area contributed by atoms with E-state index in [2.05, 4.69) is 9.47 Å². The van der Waals surface area contributed by atoms with Crippen molar-refractivity contribution in [2.24, 2.45) is 0 Å². The van der Waals surface area contributed by atoms with E-state index in [1.165, 1.54) is 25.3 Å². The molecule has 0 N–H and O–H groups in total. The maximum absolute atomic E-state index is 12.0. The number of fused-ring (bicyclic) bond motifs is 1. The maximum atomic E-state index is 12.0. The number of methoxy groups -OCH3 is 2. The van der Waals surface area contributed by atoms with Crippen LogP contribution in [0.25, 0.3) is 0 Å². The van der Waals surface area contributed by atoms with Gasteiger partial charge in [-0.2, -0.15) is 0 Å². The molecule has 160 valence electrons. The fourth-order valence-electron chi connectivity index (χ4n) is 2.78. The van der Waals surface area contributed by atoms with Gasteiger partial charge in [0, 0.05) is 43.9 Å². The van der Waals surface area contributed by atoms with Gasteiger partial charge in [0.1, 0.15) is 12.7 Å². The molecule has 30 heavy (non-hydrogen) atoms. The molecule has 0 amide bonds. The molecule has 0 fully saturated rings. The lowest BCUT2D eigenvalue weighted by molar-refractivity contribution is -0.154. The second kappa shape index (κ2) is 11.5. The molecule has 0 radical (unpaired) electrons. The van der Waals surface area contributed by atoms with Gasteiger partial charge in [0.25, 0.3) is 0 Å². The molecular formula is C21H23NO8. The number of hydrogen-bond acceptors (Lipinski definition) is 9. The van der Waals surface area contributed by atoms with Crippen LogP contribution in [-0.2, 0) is 51.2 Å². The summed E-state index contributed by atoms with van der Waals surface area (Å²) in [7, 11) is 2.37. The Morgan fingerprint density at radius 2 is 1.37 bits per heavy atom. The Bertz CT molecular complexity index is 820. The summed E-state index contributed by atoms with van der Waals surface area (Å²) in [6, 6.07) is 7.94. The highest BCUT2D eigenvalue weighted by molar-refractivity contribution is 5.92. The van der Waals surface area contributed by atoms with Gasteiger partial charge >= 0.3 is 23.9 Å². The summed E-state index contributed by atoms with van der Waals surface area (Å²) >= 11 is 0. The van der Waals surface area contributed by atoms with Crippen molar-refractivity contribution >= 4 is 23.9 Å². The first-order valence-corrected chi connectivity index (χ1v) is 9.09. The first kappa shape index (κ1) is 22.8. The van der Waals surface area contributed by atoms with Crippen molar-refractivity contribution in [1.29, 1.82) is 0 Å². The molecule has 1 atom stereocenters. The van der Waals surface area contributed by atoms with Crippen LogP contribution in [0.2, 0.25) is 0 Å². The minimum Gasteiger partial charge on any atom is -0.466 e. The normalized spacial score (nSPS) is 14.3. The van der Waals surface area contributed by atoms with Crippen LogP contribution < -0.4 is 0 Å². The number of nitrogens with zero attached hydrogens (tertiary/aromatic N) is 1. The molecule has 0 spiro atoms. The van der Waals surface area contributed by atoms with E-state index in [4.69, 9.17) is 9.47 Å². The van der Waals surface area contributed by atoms with Gasteiger partial charge in [0.05, 0.1) is 14.2 Å². The summed E-state index contributed by atoms with van der Waals surface area (Å²) in [5, 5.41) is 0. The number of benzene rings is 1. The average Bonchev–Trinajstić information content (AvgIpc) is 3.16. The molecular weight excluding hydrogens is 394 g/mol. The Morgan fingerprint density at radius 3 is 1.90 bits per heavy atom. The van der Waals surface area contributed by atoms with Crippen molar-refractivity contribution in [3.63, 3.8) is 0 Å². The third-order valence-corrected chi connectivity index (χ3v) is 4.18. The van der Waals surface area contributed by atoms with Crippen molar-refractivity contribution in [3.05, 3.63) is 59.7 Å². The lowest BCUT2D eigenvalue weighted by Gasteiger charge is -2.22. The summed E-state index contributed by atoms with van der Waals surface area (Å²) in [5.41, 5.74) is 2.34. The lowest BCUT2D eigenvalue weighted by Crippen LogP contribution is -2.35. The summed E-state index contributed by atoms with van der Waals surface area (Å²) in [6.07, 6.45) is 2.95. The van der Waals surface area contributed by atoms with Crippen molar-refractivity contribution < 1.29 is 38.1 Å². The third-order valence-electron chi connectivity index (χ3n) is 4.18. The van der Waals surface area contributed by atoms with Gasteiger partial charge in [-0.05, 0) is 11.1 Å². The minimum atomic E-state index is -0.787. The molecule has 0 bridgehead atoms. The van der Waals surface area contributed by atoms with E-state index in [9.17, 15) is 19.2 Å². The predicted molar refractivity (Wildman–Crippen MR) is 104 cm³/mol. The summed E-state index contributed by atoms with van der Waals surface area (Å²) in [4.78, 5) is 48.0. The fraction of sp³-hybridized carbons (Fsp3) is 0.333. The van der Waals surface area contributed by atoms with E-state index in [1.54, 1.807) is 0 Å². The van der Waals surface area contributed by atoms with Gasteiger partial charge in [-0.3, -0.25) is 4.90 Å². The second-order valence-corrected chi connectivity index (χ2v) is 6.34. The summed E-state index contributed by atoms with van der Waals surface area (Å²) < 4.78 is 19.2.